The van der Waals surface area contributed by atoms with Crippen LogP contribution in [0.4, 0.5) is 0 Å². The quantitative estimate of drug-likeness (QED) is 0.347. The van der Waals surface area contributed by atoms with Crippen molar-refractivity contribution in [3.05, 3.63) is 19.2 Å². The van der Waals surface area contributed by atoms with E-state index in [2.05, 4.69) is 44.2 Å². The highest BCUT2D eigenvalue weighted by molar-refractivity contribution is 9.11. The fourth-order valence-electron chi connectivity index (χ4n) is 2.45. The molecular formula is C16H22Br2S2. The van der Waals surface area contributed by atoms with Crippen molar-refractivity contribution >= 4 is 63.9 Å². The van der Waals surface area contributed by atoms with Crippen LogP contribution < -0.4 is 0 Å². The van der Waals surface area contributed by atoms with E-state index >= 15 is 0 Å². The summed E-state index contributed by atoms with van der Waals surface area (Å²) < 4.78 is 5.43. The molecule has 0 aliphatic carbocycles. The normalized spacial score (nSPS) is 11.6. The van der Waals surface area contributed by atoms with E-state index in [4.69, 9.17) is 0 Å². The van der Waals surface area contributed by atoms with Gasteiger partial charge in [-0.1, -0.05) is 51.9 Å². The molecule has 2 heterocycles. The molecule has 112 valence electrons. The van der Waals surface area contributed by atoms with E-state index in [-0.39, 0.29) is 0 Å². The Balaban J connectivity index is 1.69. The molecule has 0 unspecified atom stereocenters. The molecule has 0 aliphatic heterocycles. The minimum Gasteiger partial charge on any atom is -0.140 e. The van der Waals surface area contributed by atoms with Crippen LogP contribution in [0.1, 0.15) is 63.2 Å². The third-order valence-electron chi connectivity index (χ3n) is 3.63. The summed E-state index contributed by atoms with van der Waals surface area (Å²) in [5, 5.41) is 2.19. The molecule has 0 saturated carbocycles. The Kier molecular flexibility index (Phi) is 7.57. The second kappa shape index (κ2) is 8.92. The van der Waals surface area contributed by atoms with Gasteiger partial charge in [0.2, 0.25) is 0 Å². The number of halogens is 2. The number of rotatable bonds is 9. The molecule has 0 atom stereocenters. The molecule has 2 aromatic rings. The van der Waals surface area contributed by atoms with Gasteiger partial charge < -0.3 is 0 Å². The van der Waals surface area contributed by atoms with Gasteiger partial charge in [0.1, 0.15) is 0 Å². The van der Waals surface area contributed by atoms with E-state index in [1.165, 1.54) is 81.0 Å². The first-order chi connectivity index (χ1) is 9.74. The molecular weight excluding hydrogens is 416 g/mol. The molecule has 2 rings (SSSR count). The van der Waals surface area contributed by atoms with Gasteiger partial charge in [0.15, 0.2) is 0 Å². The van der Waals surface area contributed by atoms with Crippen molar-refractivity contribution < 1.29 is 0 Å². The van der Waals surface area contributed by atoms with Crippen molar-refractivity contribution in [3.8, 4) is 0 Å². The lowest BCUT2D eigenvalue weighted by Gasteiger charge is -2.01. The highest BCUT2D eigenvalue weighted by Gasteiger charge is 2.13. The van der Waals surface area contributed by atoms with Crippen LogP contribution in [-0.4, -0.2) is 0 Å². The molecule has 0 N–H and O–H groups in total. The molecule has 0 spiro atoms. The fraction of sp³-hybridized carbons (Fsp3) is 0.625. The molecule has 0 saturated heterocycles. The van der Waals surface area contributed by atoms with Gasteiger partial charge in [-0.2, -0.15) is 0 Å². The Morgan fingerprint density at radius 2 is 1.55 bits per heavy atom. The number of thiophene rings is 2. The van der Waals surface area contributed by atoms with Gasteiger partial charge in [-0.15, -0.1) is 22.7 Å². The Labute approximate surface area is 147 Å². The van der Waals surface area contributed by atoms with Crippen LogP contribution in [0.3, 0.4) is 0 Å². The molecule has 0 bridgehead atoms. The van der Waals surface area contributed by atoms with Crippen LogP contribution in [-0.2, 0) is 6.42 Å². The number of aryl methyl sites for hydroxylation is 1. The maximum absolute atomic E-state index is 3.78. The van der Waals surface area contributed by atoms with Crippen LogP contribution in [0, 0.1) is 0 Å². The number of unbranched alkanes of at least 4 members (excludes halogenated alkanes) is 7. The van der Waals surface area contributed by atoms with Gasteiger partial charge in [-0.05, 0) is 44.7 Å². The molecule has 0 nitrogen and oxygen atoms in total. The summed E-state index contributed by atoms with van der Waals surface area (Å²) in [6, 6.07) is 0. The van der Waals surface area contributed by atoms with Crippen LogP contribution in [0.15, 0.2) is 14.3 Å². The van der Waals surface area contributed by atoms with Gasteiger partial charge in [0.05, 0.1) is 9.40 Å². The summed E-state index contributed by atoms with van der Waals surface area (Å²) in [4.78, 5) is 1.53. The van der Waals surface area contributed by atoms with Gasteiger partial charge in [0.25, 0.3) is 0 Å². The zero-order valence-electron chi connectivity index (χ0n) is 12.0. The SMILES string of the molecule is CCCCCCCCCCc1sc2c(Br)csc2c1Br. The molecule has 0 aromatic carbocycles. The first kappa shape index (κ1) is 17.0. The third kappa shape index (κ3) is 4.56. The van der Waals surface area contributed by atoms with E-state index < -0.39 is 0 Å². The number of hydrogen-bond donors (Lipinski definition) is 0. The molecule has 2 aromatic heterocycles. The monoisotopic (exact) mass is 436 g/mol. The topological polar surface area (TPSA) is 0 Å². The summed E-state index contributed by atoms with van der Waals surface area (Å²) >= 11 is 11.2. The number of hydrogen-bond acceptors (Lipinski definition) is 2. The maximum Gasteiger partial charge on any atom is 0.0607 e. The average Bonchev–Trinajstić information content (AvgIpc) is 2.95. The standard InChI is InChI=1S/C16H22Br2S2/c1-2-3-4-5-6-7-8-9-10-13-14(18)16-15(20-13)12(17)11-19-16/h11H,2-10H2,1H3. The molecule has 0 amide bonds. The van der Waals surface area contributed by atoms with E-state index in [9.17, 15) is 0 Å². The Morgan fingerprint density at radius 1 is 0.900 bits per heavy atom. The summed E-state index contributed by atoms with van der Waals surface area (Å²) in [5.41, 5.74) is 0. The lowest BCUT2D eigenvalue weighted by molar-refractivity contribution is 0.576. The Morgan fingerprint density at radius 3 is 2.20 bits per heavy atom. The first-order valence-electron chi connectivity index (χ1n) is 7.58. The van der Waals surface area contributed by atoms with Crippen molar-refractivity contribution in [2.24, 2.45) is 0 Å². The second-order valence-electron chi connectivity index (χ2n) is 5.31. The highest BCUT2D eigenvalue weighted by atomic mass is 79.9. The second-order valence-corrected chi connectivity index (χ2v) is 8.94. The van der Waals surface area contributed by atoms with Crippen molar-refractivity contribution in [1.29, 1.82) is 0 Å². The van der Waals surface area contributed by atoms with Crippen LogP contribution in [0.5, 0.6) is 0 Å². The molecule has 0 aliphatic rings. The fourth-order valence-corrected chi connectivity index (χ4v) is 6.58. The van der Waals surface area contributed by atoms with Crippen molar-refractivity contribution in [2.75, 3.05) is 0 Å². The smallest absolute Gasteiger partial charge is 0.0607 e. The Bertz CT molecular complexity index is 528. The van der Waals surface area contributed by atoms with Crippen LogP contribution in [0.2, 0.25) is 0 Å². The third-order valence-corrected chi connectivity index (χ3v) is 8.63. The molecule has 0 fully saturated rings. The molecule has 20 heavy (non-hydrogen) atoms. The summed E-state index contributed by atoms with van der Waals surface area (Å²) in [7, 11) is 0. The van der Waals surface area contributed by atoms with E-state index in [0.29, 0.717) is 0 Å². The summed E-state index contributed by atoms with van der Waals surface area (Å²) in [6.07, 6.45) is 12.4. The first-order valence-corrected chi connectivity index (χ1v) is 10.9. The number of fused-ring (bicyclic) bond motifs is 1. The van der Waals surface area contributed by atoms with Crippen molar-refractivity contribution in [1.82, 2.24) is 0 Å². The predicted molar refractivity (Wildman–Crippen MR) is 101 cm³/mol. The minimum absolute atomic E-state index is 1.23. The minimum atomic E-state index is 1.23. The lowest BCUT2D eigenvalue weighted by Crippen LogP contribution is -1.84. The van der Waals surface area contributed by atoms with Gasteiger partial charge in [-0.3, -0.25) is 0 Å². The lowest BCUT2D eigenvalue weighted by atomic mass is 10.1. The zero-order chi connectivity index (χ0) is 14.4. The van der Waals surface area contributed by atoms with Gasteiger partial charge >= 0.3 is 0 Å². The Hall–Kier alpha value is 0.620. The van der Waals surface area contributed by atoms with E-state index in [1.807, 2.05) is 22.7 Å². The van der Waals surface area contributed by atoms with Crippen LogP contribution >= 0.6 is 54.5 Å². The summed E-state index contributed by atoms with van der Waals surface area (Å²) in [5.74, 6) is 0. The van der Waals surface area contributed by atoms with E-state index in [0.717, 1.165) is 0 Å². The average molecular weight is 438 g/mol. The molecule has 4 heteroatoms. The predicted octanol–water partition coefficient (Wildman–Crippen LogP) is 8.17. The van der Waals surface area contributed by atoms with E-state index in [1.54, 1.807) is 0 Å². The van der Waals surface area contributed by atoms with Gasteiger partial charge in [-0.25, -0.2) is 0 Å². The largest absolute Gasteiger partial charge is 0.140 e. The van der Waals surface area contributed by atoms with Crippen molar-refractivity contribution in [2.45, 2.75) is 64.7 Å². The van der Waals surface area contributed by atoms with Crippen LogP contribution in [0.25, 0.3) is 9.40 Å². The zero-order valence-corrected chi connectivity index (χ0v) is 16.8. The van der Waals surface area contributed by atoms with Gasteiger partial charge in [0, 0.05) is 19.2 Å². The highest BCUT2D eigenvalue weighted by Crippen LogP contribution is 2.44. The maximum atomic E-state index is 3.78. The summed E-state index contributed by atoms with van der Waals surface area (Å²) in [6.45, 7) is 2.28. The van der Waals surface area contributed by atoms with Crippen molar-refractivity contribution in [3.63, 3.8) is 0 Å². The molecule has 0 radical (unpaired) electrons.